The lowest BCUT2D eigenvalue weighted by Crippen LogP contribution is -2.10. The fourth-order valence-corrected chi connectivity index (χ4v) is 6.44. The molecule has 2 aliphatic rings. The Morgan fingerprint density at radius 2 is 1.18 bits per heavy atom. The molecule has 2 saturated carbocycles. The van der Waals surface area contributed by atoms with E-state index in [0.29, 0.717) is 6.10 Å². The number of unbranched alkanes of at least 4 members (excludes halogenated alkanes) is 13. The van der Waals surface area contributed by atoms with E-state index >= 15 is 0 Å². The zero-order valence-corrected chi connectivity index (χ0v) is 23.1. The topological polar surface area (TPSA) is 26.3 Å². The Labute approximate surface area is 213 Å². The molecule has 0 aromatic rings. The molecule has 2 aliphatic carbocycles. The van der Waals surface area contributed by atoms with Gasteiger partial charge in [0.1, 0.15) is 6.29 Å². The van der Waals surface area contributed by atoms with Crippen LogP contribution >= 0.6 is 0 Å². The van der Waals surface area contributed by atoms with Gasteiger partial charge in [-0.3, -0.25) is 0 Å². The first-order chi connectivity index (χ1) is 16.8. The SMILES string of the molecule is CC(C=O)CCCCCCCCCCCCCCCCOC1CCC(CCCC2CCCC2)C1. The van der Waals surface area contributed by atoms with Gasteiger partial charge >= 0.3 is 0 Å². The van der Waals surface area contributed by atoms with Crippen molar-refractivity contribution in [3.05, 3.63) is 0 Å². The molecule has 0 aromatic heterocycles. The largest absolute Gasteiger partial charge is 0.378 e. The number of hydrogen-bond donors (Lipinski definition) is 0. The van der Waals surface area contributed by atoms with E-state index in [1.54, 1.807) is 0 Å². The Kier molecular flexibility index (Phi) is 18.3. The van der Waals surface area contributed by atoms with Gasteiger partial charge in [0.25, 0.3) is 0 Å². The molecule has 2 nitrogen and oxygen atoms in total. The highest BCUT2D eigenvalue weighted by Gasteiger charge is 2.25. The summed E-state index contributed by atoms with van der Waals surface area (Å²) in [5.74, 6) is 2.30. The van der Waals surface area contributed by atoms with Gasteiger partial charge in [0.05, 0.1) is 6.10 Å². The lowest BCUT2D eigenvalue weighted by atomic mass is 9.95. The number of hydrogen-bond acceptors (Lipinski definition) is 2. The van der Waals surface area contributed by atoms with Crippen molar-refractivity contribution in [2.45, 2.75) is 174 Å². The van der Waals surface area contributed by atoms with Gasteiger partial charge in [-0.05, 0) is 43.9 Å². The normalized spacial score (nSPS) is 21.9. The second-order valence-corrected chi connectivity index (χ2v) is 12.1. The van der Waals surface area contributed by atoms with Crippen LogP contribution in [0, 0.1) is 17.8 Å². The standard InChI is InChI=1S/C32H60O2/c1-29(28-33)19-14-12-10-8-6-4-2-3-5-7-9-11-13-17-26-34-32-25-24-31(27-32)23-18-22-30-20-15-16-21-30/h28-32H,2-27H2,1H3. The maximum Gasteiger partial charge on any atom is 0.122 e. The lowest BCUT2D eigenvalue weighted by molar-refractivity contribution is -0.110. The van der Waals surface area contributed by atoms with Crippen LogP contribution in [-0.2, 0) is 9.53 Å². The second kappa shape index (κ2) is 20.8. The Bertz CT molecular complexity index is 456. The van der Waals surface area contributed by atoms with Crippen LogP contribution in [0.3, 0.4) is 0 Å². The summed E-state index contributed by atoms with van der Waals surface area (Å²) < 4.78 is 6.23. The predicted molar refractivity (Wildman–Crippen MR) is 147 cm³/mol. The quantitative estimate of drug-likeness (QED) is 0.108. The molecule has 0 bridgehead atoms. The second-order valence-electron chi connectivity index (χ2n) is 12.1. The van der Waals surface area contributed by atoms with E-state index in [0.717, 1.165) is 31.1 Å². The Hall–Kier alpha value is -0.370. The minimum absolute atomic E-state index is 0.263. The van der Waals surface area contributed by atoms with E-state index in [1.807, 2.05) is 6.92 Å². The Balaban J connectivity index is 1.24. The average Bonchev–Trinajstić information content (AvgIpc) is 3.53. The zero-order valence-electron chi connectivity index (χ0n) is 23.1. The molecule has 2 heteroatoms. The molecule has 0 spiro atoms. The highest BCUT2D eigenvalue weighted by atomic mass is 16.5. The maximum atomic E-state index is 10.6. The summed E-state index contributed by atoms with van der Waals surface area (Å²) in [6, 6.07) is 0. The van der Waals surface area contributed by atoms with Gasteiger partial charge in [-0.2, -0.15) is 0 Å². The number of ether oxygens (including phenoxy) is 1. The third-order valence-corrected chi connectivity index (χ3v) is 8.83. The summed E-state index contributed by atoms with van der Waals surface area (Å²) in [5.41, 5.74) is 0. The van der Waals surface area contributed by atoms with Gasteiger partial charge in [0.2, 0.25) is 0 Å². The predicted octanol–water partition coefficient (Wildman–Crippen LogP) is 10.2. The van der Waals surface area contributed by atoms with Crippen LogP contribution in [0.15, 0.2) is 0 Å². The monoisotopic (exact) mass is 476 g/mol. The summed E-state index contributed by atoms with van der Waals surface area (Å²) >= 11 is 0. The fraction of sp³-hybridized carbons (Fsp3) is 0.969. The Morgan fingerprint density at radius 1 is 0.647 bits per heavy atom. The van der Waals surface area contributed by atoms with Crippen molar-refractivity contribution in [1.29, 1.82) is 0 Å². The molecule has 0 amide bonds. The van der Waals surface area contributed by atoms with Crippen molar-refractivity contribution in [2.75, 3.05) is 6.61 Å². The molecule has 3 atom stereocenters. The Morgan fingerprint density at radius 3 is 1.76 bits per heavy atom. The highest BCUT2D eigenvalue weighted by molar-refractivity contribution is 5.52. The van der Waals surface area contributed by atoms with Crippen molar-refractivity contribution < 1.29 is 9.53 Å². The van der Waals surface area contributed by atoms with Crippen LogP contribution in [0.25, 0.3) is 0 Å². The molecule has 2 fully saturated rings. The molecule has 34 heavy (non-hydrogen) atoms. The van der Waals surface area contributed by atoms with Crippen molar-refractivity contribution in [3.8, 4) is 0 Å². The molecule has 0 aliphatic heterocycles. The maximum absolute atomic E-state index is 10.6. The summed E-state index contributed by atoms with van der Waals surface area (Å²) in [7, 11) is 0. The van der Waals surface area contributed by atoms with Crippen molar-refractivity contribution in [2.24, 2.45) is 17.8 Å². The average molecular weight is 477 g/mol. The van der Waals surface area contributed by atoms with Gasteiger partial charge in [0.15, 0.2) is 0 Å². The number of carbonyl (C=O) groups excluding carboxylic acids is 1. The summed E-state index contributed by atoms with van der Waals surface area (Å²) in [4.78, 5) is 10.6. The van der Waals surface area contributed by atoms with Crippen molar-refractivity contribution in [1.82, 2.24) is 0 Å². The van der Waals surface area contributed by atoms with Crippen LogP contribution in [0.5, 0.6) is 0 Å². The smallest absolute Gasteiger partial charge is 0.122 e. The first kappa shape index (κ1) is 29.9. The van der Waals surface area contributed by atoms with Crippen molar-refractivity contribution >= 4 is 6.29 Å². The van der Waals surface area contributed by atoms with E-state index < -0.39 is 0 Å². The molecule has 0 aromatic carbocycles. The van der Waals surface area contributed by atoms with E-state index in [4.69, 9.17) is 4.74 Å². The fourth-order valence-electron chi connectivity index (χ4n) is 6.44. The lowest BCUT2D eigenvalue weighted by Gasteiger charge is -2.14. The minimum atomic E-state index is 0.263. The van der Waals surface area contributed by atoms with Crippen LogP contribution in [0.1, 0.15) is 167 Å². The summed E-state index contributed by atoms with van der Waals surface area (Å²) in [6.07, 6.45) is 36.7. The molecule has 3 unspecified atom stereocenters. The van der Waals surface area contributed by atoms with Crippen LogP contribution in [0.2, 0.25) is 0 Å². The van der Waals surface area contributed by atoms with Gasteiger partial charge in [-0.1, -0.05) is 135 Å². The molecular formula is C32H60O2. The molecule has 0 heterocycles. The van der Waals surface area contributed by atoms with Gasteiger partial charge in [-0.25, -0.2) is 0 Å². The van der Waals surface area contributed by atoms with E-state index in [9.17, 15) is 4.79 Å². The highest BCUT2D eigenvalue weighted by Crippen LogP contribution is 2.34. The molecule has 0 N–H and O–H groups in total. The van der Waals surface area contributed by atoms with Gasteiger partial charge in [-0.15, -0.1) is 0 Å². The van der Waals surface area contributed by atoms with Gasteiger partial charge in [0, 0.05) is 12.5 Å². The number of carbonyl (C=O) groups is 1. The van der Waals surface area contributed by atoms with E-state index in [-0.39, 0.29) is 5.92 Å². The van der Waals surface area contributed by atoms with Crippen LogP contribution < -0.4 is 0 Å². The number of aldehydes is 1. The summed E-state index contributed by atoms with van der Waals surface area (Å²) in [6.45, 7) is 3.04. The molecule has 200 valence electrons. The van der Waals surface area contributed by atoms with E-state index in [2.05, 4.69) is 0 Å². The van der Waals surface area contributed by atoms with Crippen molar-refractivity contribution in [3.63, 3.8) is 0 Å². The first-order valence-corrected chi connectivity index (χ1v) is 15.8. The third-order valence-electron chi connectivity index (χ3n) is 8.83. The number of rotatable bonds is 23. The zero-order chi connectivity index (χ0) is 24.1. The third kappa shape index (κ3) is 15.6. The summed E-state index contributed by atoms with van der Waals surface area (Å²) in [5, 5.41) is 0. The molecular weight excluding hydrogens is 416 g/mol. The first-order valence-electron chi connectivity index (χ1n) is 15.8. The van der Waals surface area contributed by atoms with E-state index in [1.165, 1.54) is 154 Å². The molecule has 2 rings (SSSR count). The van der Waals surface area contributed by atoms with Gasteiger partial charge < -0.3 is 9.53 Å². The minimum Gasteiger partial charge on any atom is -0.378 e. The van der Waals surface area contributed by atoms with Crippen LogP contribution in [-0.4, -0.2) is 19.0 Å². The van der Waals surface area contributed by atoms with Crippen LogP contribution in [0.4, 0.5) is 0 Å². The molecule has 0 saturated heterocycles. The molecule has 0 radical (unpaired) electrons.